The normalized spacial score (nSPS) is 22.5. The first-order valence-electron chi connectivity index (χ1n) is 6.12. The molecule has 0 spiro atoms. The quantitative estimate of drug-likeness (QED) is 0.855. The van der Waals surface area contributed by atoms with Gasteiger partial charge in [0.1, 0.15) is 0 Å². The van der Waals surface area contributed by atoms with Crippen LogP contribution in [0.5, 0.6) is 0 Å². The van der Waals surface area contributed by atoms with Crippen LogP contribution < -0.4 is 0 Å². The molecule has 0 saturated carbocycles. The summed E-state index contributed by atoms with van der Waals surface area (Å²) in [4.78, 5) is 14.1. The number of carbonyl (C=O) groups excluding carboxylic acids is 1. The SMILES string of the molecule is COC[C@@H]1CN(C(=O)c2ccoc2Cl)CC(C)(C)O1. The molecule has 19 heavy (non-hydrogen) atoms. The van der Waals surface area contributed by atoms with Crippen molar-refractivity contribution >= 4 is 17.5 Å². The molecule has 2 heterocycles. The van der Waals surface area contributed by atoms with E-state index in [1.165, 1.54) is 6.26 Å². The molecule has 1 aromatic rings. The van der Waals surface area contributed by atoms with Crippen LogP contribution in [0.4, 0.5) is 0 Å². The van der Waals surface area contributed by atoms with Gasteiger partial charge in [-0.25, -0.2) is 0 Å². The number of ether oxygens (including phenoxy) is 2. The van der Waals surface area contributed by atoms with Crippen molar-refractivity contribution in [3.8, 4) is 0 Å². The highest BCUT2D eigenvalue weighted by atomic mass is 35.5. The predicted octanol–water partition coefficient (Wildman–Crippen LogP) is 2.20. The van der Waals surface area contributed by atoms with Crippen LogP contribution in [0, 0.1) is 0 Å². The second-order valence-electron chi connectivity index (χ2n) is 5.25. The summed E-state index contributed by atoms with van der Waals surface area (Å²) in [6.07, 6.45) is 1.27. The van der Waals surface area contributed by atoms with E-state index in [4.69, 9.17) is 25.5 Å². The summed E-state index contributed by atoms with van der Waals surface area (Å²) in [7, 11) is 1.62. The molecule has 1 atom stereocenters. The second kappa shape index (κ2) is 5.53. The minimum absolute atomic E-state index is 0.123. The van der Waals surface area contributed by atoms with E-state index in [0.717, 1.165) is 0 Å². The van der Waals surface area contributed by atoms with Crippen molar-refractivity contribution in [2.75, 3.05) is 26.8 Å². The van der Waals surface area contributed by atoms with E-state index < -0.39 is 5.60 Å². The third-order valence-electron chi connectivity index (χ3n) is 2.97. The highest BCUT2D eigenvalue weighted by Gasteiger charge is 2.36. The van der Waals surface area contributed by atoms with Gasteiger partial charge in [-0.3, -0.25) is 4.79 Å². The monoisotopic (exact) mass is 287 g/mol. The molecule has 0 aliphatic carbocycles. The van der Waals surface area contributed by atoms with Crippen molar-refractivity contribution in [2.45, 2.75) is 25.6 Å². The Kier molecular flexibility index (Phi) is 4.18. The van der Waals surface area contributed by atoms with Crippen LogP contribution in [0.3, 0.4) is 0 Å². The van der Waals surface area contributed by atoms with Crippen LogP contribution in [-0.2, 0) is 9.47 Å². The van der Waals surface area contributed by atoms with E-state index in [1.807, 2.05) is 13.8 Å². The maximum atomic E-state index is 12.4. The Morgan fingerprint density at radius 3 is 2.95 bits per heavy atom. The lowest BCUT2D eigenvalue weighted by Crippen LogP contribution is -2.55. The Labute approximate surface area is 117 Å². The van der Waals surface area contributed by atoms with Crippen molar-refractivity contribution < 1.29 is 18.7 Å². The van der Waals surface area contributed by atoms with Crippen molar-refractivity contribution in [1.29, 1.82) is 0 Å². The third-order valence-corrected chi connectivity index (χ3v) is 3.26. The van der Waals surface area contributed by atoms with E-state index in [2.05, 4.69) is 0 Å². The Morgan fingerprint density at radius 2 is 2.37 bits per heavy atom. The van der Waals surface area contributed by atoms with Gasteiger partial charge in [0.25, 0.3) is 5.91 Å². The molecule has 2 rings (SSSR count). The smallest absolute Gasteiger partial charge is 0.258 e. The van der Waals surface area contributed by atoms with Gasteiger partial charge in [0, 0.05) is 20.2 Å². The van der Waals surface area contributed by atoms with Crippen molar-refractivity contribution in [1.82, 2.24) is 4.90 Å². The highest BCUT2D eigenvalue weighted by Crippen LogP contribution is 2.25. The minimum Gasteiger partial charge on any atom is -0.452 e. The fourth-order valence-electron chi connectivity index (χ4n) is 2.34. The van der Waals surface area contributed by atoms with E-state index in [1.54, 1.807) is 18.1 Å². The first kappa shape index (κ1) is 14.4. The molecule has 6 heteroatoms. The maximum Gasteiger partial charge on any atom is 0.258 e. The van der Waals surface area contributed by atoms with E-state index in [9.17, 15) is 4.79 Å². The molecule has 5 nitrogen and oxygen atoms in total. The lowest BCUT2D eigenvalue weighted by Gasteiger charge is -2.42. The number of nitrogens with zero attached hydrogens (tertiary/aromatic N) is 1. The van der Waals surface area contributed by atoms with Gasteiger partial charge in [-0.1, -0.05) is 0 Å². The number of hydrogen-bond acceptors (Lipinski definition) is 4. The van der Waals surface area contributed by atoms with Crippen molar-refractivity contribution in [3.63, 3.8) is 0 Å². The second-order valence-corrected chi connectivity index (χ2v) is 5.59. The standard InChI is InChI=1S/C13H18ClNO4/c1-13(2)8-15(6-9(19-13)7-17-3)12(16)10-4-5-18-11(10)14/h4-5,9H,6-8H2,1-3H3/t9-/m0/s1. The average molecular weight is 288 g/mol. The van der Waals surface area contributed by atoms with Crippen LogP contribution in [0.25, 0.3) is 0 Å². The average Bonchev–Trinajstić information content (AvgIpc) is 2.73. The van der Waals surface area contributed by atoms with Gasteiger partial charge >= 0.3 is 0 Å². The molecule has 0 radical (unpaired) electrons. The topological polar surface area (TPSA) is 51.9 Å². The number of morpholine rings is 1. The number of amides is 1. The molecule has 0 aromatic carbocycles. The lowest BCUT2D eigenvalue weighted by atomic mass is 10.0. The molecule has 1 aliphatic heterocycles. The molecule has 1 amide bonds. The van der Waals surface area contributed by atoms with E-state index in [0.29, 0.717) is 25.3 Å². The van der Waals surface area contributed by atoms with Gasteiger partial charge in [-0.15, -0.1) is 0 Å². The predicted molar refractivity (Wildman–Crippen MR) is 70.4 cm³/mol. The molecule has 0 N–H and O–H groups in total. The van der Waals surface area contributed by atoms with Crippen molar-refractivity contribution in [3.05, 3.63) is 23.1 Å². The number of methoxy groups -OCH3 is 1. The Bertz CT molecular complexity index is 457. The van der Waals surface area contributed by atoms with E-state index >= 15 is 0 Å². The molecule has 1 saturated heterocycles. The molecule has 0 unspecified atom stereocenters. The lowest BCUT2D eigenvalue weighted by molar-refractivity contribution is -0.143. The first-order chi connectivity index (χ1) is 8.93. The highest BCUT2D eigenvalue weighted by molar-refractivity contribution is 6.32. The van der Waals surface area contributed by atoms with Gasteiger partial charge in [0.2, 0.25) is 5.22 Å². The minimum atomic E-state index is -0.409. The number of rotatable bonds is 3. The summed E-state index contributed by atoms with van der Waals surface area (Å²) in [6, 6.07) is 1.58. The number of hydrogen-bond donors (Lipinski definition) is 0. The molecular formula is C13H18ClNO4. The Morgan fingerprint density at radius 1 is 1.63 bits per heavy atom. The summed E-state index contributed by atoms with van der Waals surface area (Å²) in [6.45, 7) is 5.34. The molecule has 106 valence electrons. The summed E-state index contributed by atoms with van der Waals surface area (Å²) in [5.41, 5.74) is -0.0247. The number of carbonyl (C=O) groups is 1. The zero-order chi connectivity index (χ0) is 14.0. The molecule has 1 fully saturated rings. The maximum absolute atomic E-state index is 12.4. The van der Waals surface area contributed by atoms with Crippen LogP contribution >= 0.6 is 11.6 Å². The van der Waals surface area contributed by atoms with Crippen molar-refractivity contribution in [2.24, 2.45) is 0 Å². The Hall–Kier alpha value is -1.04. The number of halogens is 1. The molecular weight excluding hydrogens is 270 g/mol. The van der Waals surface area contributed by atoms with Crippen LogP contribution in [0.15, 0.2) is 16.7 Å². The van der Waals surface area contributed by atoms with Crippen LogP contribution in [0.1, 0.15) is 24.2 Å². The van der Waals surface area contributed by atoms with Gasteiger partial charge in [0.15, 0.2) is 0 Å². The van der Waals surface area contributed by atoms with Gasteiger partial charge in [0.05, 0.1) is 30.1 Å². The summed E-state index contributed by atoms with van der Waals surface area (Å²) < 4.78 is 15.9. The van der Waals surface area contributed by atoms with E-state index in [-0.39, 0.29) is 17.2 Å². The summed E-state index contributed by atoms with van der Waals surface area (Å²) in [5, 5.41) is 0.123. The fourth-order valence-corrected chi connectivity index (χ4v) is 2.53. The molecule has 1 aromatic heterocycles. The summed E-state index contributed by atoms with van der Waals surface area (Å²) in [5.74, 6) is -0.142. The van der Waals surface area contributed by atoms with Gasteiger partial charge < -0.3 is 18.8 Å². The molecule has 0 bridgehead atoms. The first-order valence-corrected chi connectivity index (χ1v) is 6.50. The molecule has 1 aliphatic rings. The zero-order valence-electron chi connectivity index (χ0n) is 11.3. The Balaban J connectivity index is 2.15. The van der Waals surface area contributed by atoms with Crippen LogP contribution in [0.2, 0.25) is 5.22 Å². The van der Waals surface area contributed by atoms with Crippen LogP contribution in [-0.4, -0.2) is 49.3 Å². The van der Waals surface area contributed by atoms with Gasteiger partial charge in [-0.2, -0.15) is 0 Å². The third kappa shape index (κ3) is 3.29. The zero-order valence-corrected chi connectivity index (χ0v) is 12.1. The largest absolute Gasteiger partial charge is 0.452 e. The van der Waals surface area contributed by atoms with Gasteiger partial charge in [-0.05, 0) is 31.5 Å². The fraction of sp³-hybridized carbons (Fsp3) is 0.615. The number of furan rings is 1. The summed E-state index contributed by atoms with van der Waals surface area (Å²) >= 11 is 5.85.